The molecular formula is C24H36I2N2O4. The molecule has 0 fully saturated rings. The average Bonchev–Trinajstić information content (AvgIpc) is 2.68. The van der Waals surface area contributed by atoms with Gasteiger partial charge in [0.2, 0.25) is 0 Å². The maximum Gasteiger partial charge on any atom is 0.338 e. The number of nitrogens with zero attached hydrogens (tertiary/aromatic N) is 2. The summed E-state index contributed by atoms with van der Waals surface area (Å²) in [7, 11) is 12.4. The van der Waals surface area contributed by atoms with Crippen LogP contribution in [-0.4, -0.2) is 89.5 Å². The van der Waals surface area contributed by atoms with Gasteiger partial charge in [-0.3, -0.25) is 0 Å². The van der Waals surface area contributed by atoms with E-state index >= 15 is 0 Å². The van der Waals surface area contributed by atoms with Crippen molar-refractivity contribution in [3.8, 4) is 0 Å². The molecule has 0 aliphatic carbocycles. The molecule has 0 bridgehead atoms. The molecule has 0 unspecified atom stereocenters. The summed E-state index contributed by atoms with van der Waals surface area (Å²) in [5, 5.41) is 0. The molecule has 0 atom stereocenters. The predicted octanol–water partition coefficient (Wildman–Crippen LogP) is -2.89. The third-order valence-corrected chi connectivity index (χ3v) is 4.01. The maximum absolute atomic E-state index is 11.5. The van der Waals surface area contributed by atoms with Crippen LogP contribution in [-0.2, 0) is 9.47 Å². The Balaban J connectivity index is 0. The topological polar surface area (TPSA) is 52.6 Å². The number of hydrogen-bond acceptors (Lipinski definition) is 4. The minimum atomic E-state index is -0.246. The van der Waals surface area contributed by atoms with Gasteiger partial charge >= 0.3 is 11.9 Å². The lowest BCUT2D eigenvalue weighted by Crippen LogP contribution is -3.00. The van der Waals surface area contributed by atoms with E-state index in [-0.39, 0.29) is 59.9 Å². The number of ether oxygens (including phenoxy) is 2. The Bertz CT molecular complexity index is 707. The SMILES string of the molecule is C[N+](C)(C)CCOC(=O)c1ccccc1.C[N+](C)(C)CCOC(=O)c1ccccc1.[I-].[I-]. The standard InChI is InChI=1S/2C12H18NO2.2HI/c2*1-13(2,3)9-10-15-12(14)11-7-5-4-6-8-11;;/h2*4-8H,9-10H2,1-3H3;2*1H/q2*+1;;/p-2. The van der Waals surface area contributed by atoms with E-state index in [9.17, 15) is 9.59 Å². The molecule has 0 heterocycles. The molecule has 2 rings (SSSR count). The molecular weight excluding hydrogens is 634 g/mol. The van der Waals surface area contributed by atoms with E-state index in [0.717, 1.165) is 22.1 Å². The summed E-state index contributed by atoms with van der Waals surface area (Å²) in [6.07, 6.45) is 0. The fraction of sp³-hybridized carbons (Fsp3) is 0.417. The van der Waals surface area contributed by atoms with Crippen molar-refractivity contribution in [3.63, 3.8) is 0 Å². The van der Waals surface area contributed by atoms with E-state index in [4.69, 9.17) is 9.47 Å². The number of carbonyl (C=O) groups excluding carboxylic acids is 2. The van der Waals surface area contributed by atoms with Crippen LogP contribution in [0.1, 0.15) is 20.7 Å². The molecule has 32 heavy (non-hydrogen) atoms. The number of hydrogen-bond donors (Lipinski definition) is 0. The van der Waals surface area contributed by atoms with Gasteiger partial charge in [0.1, 0.15) is 26.3 Å². The van der Waals surface area contributed by atoms with E-state index < -0.39 is 0 Å². The number of halogens is 2. The summed E-state index contributed by atoms with van der Waals surface area (Å²) >= 11 is 0. The predicted molar refractivity (Wildman–Crippen MR) is 119 cm³/mol. The first kappa shape index (κ1) is 32.9. The first-order chi connectivity index (χ1) is 14.0. The van der Waals surface area contributed by atoms with Crippen molar-refractivity contribution in [2.75, 3.05) is 68.6 Å². The summed E-state index contributed by atoms with van der Waals surface area (Å²) < 4.78 is 11.9. The van der Waals surface area contributed by atoms with Crippen LogP contribution in [0.5, 0.6) is 0 Å². The molecule has 6 nitrogen and oxygen atoms in total. The van der Waals surface area contributed by atoms with E-state index in [1.54, 1.807) is 24.3 Å². The molecule has 0 radical (unpaired) electrons. The molecule has 2 aromatic carbocycles. The first-order valence-corrected chi connectivity index (χ1v) is 10.0. The van der Waals surface area contributed by atoms with Gasteiger partial charge in [-0.2, -0.15) is 0 Å². The van der Waals surface area contributed by atoms with Crippen LogP contribution < -0.4 is 48.0 Å². The van der Waals surface area contributed by atoms with Gasteiger partial charge in [0, 0.05) is 0 Å². The molecule has 0 aliphatic rings. The van der Waals surface area contributed by atoms with E-state index in [1.165, 1.54) is 0 Å². The molecule has 0 aliphatic heterocycles. The van der Waals surface area contributed by atoms with Crippen molar-refractivity contribution in [2.24, 2.45) is 0 Å². The number of esters is 2. The van der Waals surface area contributed by atoms with Crippen molar-refractivity contribution in [1.82, 2.24) is 0 Å². The van der Waals surface area contributed by atoms with Crippen LogP contribution in [0.4, 0.5) is 0 Å². The monoisotopic (exact) mass is 670 g/mol. The molecule has 0 saturated heterocycles. The fourth-order valence-corrected chi connectivity index (χ4v) is 2.14. The number of carbonyl (C=O) groups is 2. The van der Waals surface area contributed by atoms with E-state index in [1.807, 2.05) is 36.4 Å². The zero-order valence-corrected chi connectivity index (χ0v) is 24.2. The Kier molecular flexibility index (Phi) is 16.9. The summed E-state index contributed by atoms with van der Waals surface area (Å²) in [6.45, 7) is 2.55. The zero-order valence-electron chi connectivity index (χ0n) is 19.9. The van der Waals surface area contributed by atoms with Crippen LogP contribution in [0.15, 0.2) is 60.7 Å². The number of quaternary nitrogens is 2. The Morgan fingerprint density at radius 2 is 0.875 bits per heavy atom. The van der Waals surface area contributed by atoms with Gasteiger partial charge in [-0.15, -0.1) is 0 Å². The summed E-state index contributed by atoms with van der Waals surface area (Å²) in [5.74, 6) is -0.492. The van der Waals surface area contributed by atoms with Crippen LogP contribution in [0, 0.1) is 0 Å². The van der Waals surface area contributed by atoms with Crippen LogP contribution in [0.2, 0.25) is 0 Å². The lowest BCUT2D eigenvalue weighted by atomic mass is 10.2. The Hall–Kier alpha value is -1.24. The van der Waals surface area contributed by atoms with Gasteiger partial charge in [0.25, 0.3) is 0 Å². The van der Waals surface area contributed by atoms with Crippen LogP contribution in [0.25, 0.3) is 0 Å². The van der Waals surface area contributed by atoms with E-state index in [0.29, 0.717) is 24.3 Å². The van der Waals surface area contributed by atoms with Gasteiger partial charge < -0.3 is 66.4 Å². The smallest absolute Gasteiger partial charge is 0.338 e. The largest absolute Gasteiger partial charge is 1.00 e. The van der Waals surface area contributed by atoms with Crippen molar-refractivity contribution >= 4 is 11.9 Å². The molecule has 0 saturated carbocycles. The maximum atomic E-state index is 11.5. The fourth-order valence-electron chi connectivity index (χ4n) is 2.14. The highest BCUT2D eigenvalue weighted by atomic mass is 127. The van der Waals surface area contributed by atoms with Gasteiger partial charge in [-0.05, 0) is 24.3 Å². The second-order valence-corrected chi connectivity index (χ2v) is 9.03. The van der Waals surface area contributed by atoms with Crippen molar-refractivity contribution < 1.29 is 76.0 Å². The second kappa shape index (κ2) is 16.4. The Morgan fingerprint density at radius 3 is 1.12 bits per heavy atom. The summed E-state index contributed by atoms with van der Waals surface area (Å²) in [6, 6.07) is 18.1. The van der Waals surface area contributed by atoms with Crippen molar-refractivity contribution in [2.45, 2.75) is 0 Å². The number of likely N-dealkylation sites (N-methyl/N-ethyl adjacent to an activating group) is 2. The highest BCUT2D eigenvalue weighted by molar-refractivity contribution is 5.89. The van der Waals surface area contributed by atoms with Gasteiger partial charge in [0.05, 0.1) is 53.4 Å². The van der Waals surface area contributed by atoms with Gasteiger partial charge in [-0.25, -0.2) is 9.59 Å². The molecule has 2 aromatic rings. The normalized spacial score (nSPS) is 10.4. The zero-order chi connectivity index (χ0) is 22.6. The van der Waals surface area contributed by atoms with Crippen LogP contribution >= 0.6 is 0 Å². The highest BCUT2D eigenvalue weighted by Crippen LogP contribution is 2.02. The third-order valence-electron chi connectivity index (χ3n) is 4.01. The average molecular weight is 670 g/mol. The molecule has 0 aromatic heterocycles. The van der Waals surface area contributed by atoms with E-state index in [2.05, 4.69) is 42.3 Å². The quantitative estimate of drug-likeness (QED) is 0.172. The first-order valence-electron chi connectivity index (χ1n) is 10.0. The Morgan fingerprint density at radius 1 is 0.594 bits per heavy atom. The minimum Gasteiger partial charge on any atom is -1.00 e. The molecule has 0 amide bonds. The molecule has 0 N–H and O–H groups in total. The Labute approximate surface area is 227 Å². The molecule has 8 heteroatoms. The van der Waals surface area contributed by atoms with Crippen molar-refractivity contribution in [3.05, 3.63) is 71.8 Å². The summed E-state index contributed by atoms with van der Waals surface area (Å²) in [4.78, 5) is 23.0. The minimum absolute atomic E-state index is 0. The third kappa shape index (κ3) is 16.4. The number of rotatable bonds is 8. The lowest BCUT2D eigenvalue weighted by molar-refractivity contribution is -0.870. The van der Waals surface area contributed by atoms with Crippen LogP contribution in [0.3, 0.4) is 0 Å². The highest BCUT2D eigenvalue weighted by Gasteiger charge is 2.11. The van der Waals surface area contributed by atoms with Crippen molar-refractivity contribution in [1.29, 1.82) is 0 Å². The summed E-state index contributed by atoms with van der Waals surface area (Å²) in [5.41, 5.74) is 1.22. The molecule has 180 valence electrons. The van der Waals surface area contributed by atoms with Gasteiger partial charge in [0.15, 0.2) is 0 Å². The second-order valence-electron chi connectivity index (χ2n) is 9.03. The molecule has 0 spiro atoms. The van der Waals surface area contributed by atoms with Gasteiger partial charge in [-0.1, -0.05) is 36.4 Å². The number of benzene rings is 2. The lowest BCUT2D eigenvalue weighted by Gasteiger charge is -2.23.